The zero-order valence-corrected chi connectivity index (χ0v) is 18.8. The fraction of sp³-hybridized carbons (Fsp3) is 0.800. The molecule has 10 nitrogen and oxygen atoms in total. The highest BCUT2D eigenvalue weighted by Gasteiger charge is 2.11. The van der Waals surface area contributed by atoms with Crippen LogP contribution in [0.25, 0.3) is 0 Å². The van der Waals surface area contributed by atoms with E-state index in [-0.39, 0.29) is 23.6 Å². The number of morpholine rings is 1. The van der Waals surface area contributed by atoms with Gasteiger partial charge in [0.05, 0.1) is 19.0 Å². The topological polar surface area (TPSA) is 141 Å². The summed E-state index contributed by atoms with van der Waals surface area (Å²) in [6, 6.07) is 0. The third-order valence-corrected chi connectivity index (χ3v) is 4.52. The Morgan fingerprint density at radius 1 is 0.933 bits per heavy atom. The zero-order valence-electron chi connectivity index (χ0n) is 18.8. The highest BCUT2D eigenvalue weighted by Crippen LogP contribution is 1.97. The molecule has 0 aromatic rings. The Hall–Kier alpha value is -2.20. The molecule has 30 heavy (non-hydrogen) atoms. The van der Waals surface area contributed by atoms with Crippen molar-refractivity contribution in [3.8, 4) is 0 Å². The second kappa shape index (κ2) is 17.6. The van der Waals surface area contributed by atoms with Gasteiger partial charge >= 0.3 is 0 Å². The molecule has 2 heterocycles. The molecule has 0 radical (unpaired) electrons. The molecule has 0 saturated carbocycles. The van der Waals surface area contributed by atoms with Crippen molar-refractivity contribution >= 4 is 23.6 Å². The fourth-order valence-corrected chi connectivity index (χ4v) is 2.74. The molecule has 0 atom stereocenters. The first-order valence-electron chi connectivity index (χ1n) is 10.6. The van der Waals surface area contributed by atoms with Gasteiger partial charge in [0.15, 0.2) is 0 Å². The summed E-state index contributed by atoms with van der Waals surface area (Å²) in [4.78, 5) is 35.4. The lowest BCUT2D eigenvalue weighted by Gasteiger charge is -2.25. The molecule has 3 amide bonds. The van der Waals surface area contributed by atoms with Crippen LogP contribution in [-0.2, 0) is 19.1 Å². The minimum Gasteiger partial charge on any atom is -0.388 e. The van der Waals surface area contributed by atoms with E-state index in [9.17, 15) is 14.4 Å². The van der Waals surface area contributed by atoms with Crippen molar-refractivity contribution in [3.63, 3.8) is 0 Å². The van der Waals surface area contributed by atoms with Crippen molar-refractivity contribution in [1.29, 1.82) is 5.41 Å². The first kappa shape index (κ1) is 27.8. The molecule has 0 unspecified atom stereocenters. The molecule has 2 aliphatic rings. The van der Waals surface area contributed by atoms with Crippen LogP contribution in [0.2, 0.25) is 0 Å². The molecule has 0 spiro atoms. The summed E-state index contributed by atoms with van der Waals surface area (Å²) in [6.45, 7) is 12.0. The Morgan fingerprint density at radius 2 is 1.47 bits per heavy atom. The number of nitrogens with one attached hydrogen (secondary N) is 3. The SMILES string of the molecule is CC(=O)N1CCNCC1.CC(=O)N1CCOCC1.CC(=O)NCCCCCC(=N)N. The predicted octanol–water partition coefficient (Wildman–Crippen LogP) is -0.0779. The summed E-state index contributed by atoms with van der Waals surface area (Å²) in [5, 5.41) is 12.8. The van der Waals surface area contributed by atoms with Gasteiger partial charge in [0.1, 0.15) is 0 Å². The van der Waals surface area contributed by atoms with Crippen LogP contribution in [0.15, 0.2) is 0 Å². The fourth-order valence-electron chi connectivity index (χ4n) is 2.74. The van der Waals surface area contributed by atoms with Crippen molar-refractivity contribution in [2.45, 2.75) is 46.5 Å². The van der Waals surface area contributed by atoms with E-state index in [2.05, 4.69) is 10.6 Å². The van der Waals surface area contributed by atoms with Gasteiger partial charge in [-0.05, 0) is 12.8 Å². The highest BCUT2D eigenvalue weighted by molar-refractivity contribution is 5.76. The van der Waals surface area contributed by atoms with E-state index in [1.54, 1.807) is 18.7 Å². The summed E-state index contributed by atoms with van der Waals surface area (Å²) >= 11 is 0. The maximum absolute atomic E-state index is 10.7. The maximum Gasteiger partial charge on any atom is 0.219 e. The predicted molar refractivity (Wildman–Crippen MR) is 117 cm³/mol. The second-order valence-electron chi connectivity index (χ2n) is 7.19. The molecule has 5 N–H and O–H groups in total. The Bertz CT molecular complexity index is 471. The molecular formula is C20H40N6O4. The summed E-state index contributed by atoms with van der Waals surface area (Å²) < 4.78 is 5.06. The van der Waals surface area contributed by atoms with E-state index in [1.807, 2.05) is 4.90 Å². The molecule has 2 saturated heterocycles. The van der Waals surface area contributed by atoms with Gasteiger partial charge in [-0.3, -0.25) is 19.8 Å². The summed E-state index contributed by atoms with van der Waals surface area (Å²) in [7, 11) is 0. The van der Waals surface area contributed by atoms with Crippen molar-refractivity contribution in [1.82, 2.24) is 20.4 Å². The van der Waals surface area contributed by atoms with E-state index in [0.29, 0.717) is 19.6 Å². The smallest absolute Gasteiger partial charge is 0.219 e. The van der Waals surface area contributed by atoms with Crippen LogP contribution in [0.1, 0.15) is 46.5 Å². The highest BCUT2D eigenvalue weighted by atomic mass is 16.5. The summed E-state index contributed by atoms with van der Waals surface area (Å²) in [6.07, 6.45) is 3.59. The quantitative estimate of drug-likeness (QED) is 0.265. The molecule has 174 valence electrons. The molecule has 2 rings (SSSR count). The minimum atomic E-state index is 0.0153. The van der Waals surface area contributed by atoms with Crippen molar-refractivity contribution in [3.05, 3.63) is 0 Å². The number of piperazine rings is 1. The Labute approximate surface area is 180 Å². The normalized spacial score (nSPS) is 15.7. The number of rotatable bonds is 6. The van der Waals surface area contributed by atoms with Gasteiger partial charge in [-0.25, -0.2) is 0 Å². The minimum absolute atomic E-state index is 0.0153. The van der Waals surface area contributed by atoms with Gasteiger partial charge in [-0.2, -0.15) is 0 Å². The lowest BCUT2D eigenvalue weighted by atomic mass is 10.2. The zero-order chi connectivity index (χ0) is 22.8. The third-order valence-electron chi connectivity index (χ3n) is 4.52. The number of carbonyl (C=O) groups is 3. The van der Waals surface area contributed by atoms with Crippen molar-refractivity contribution in [2.24, 2.45) is 5.73 Å². The van der Waals surface area contributed by atoms with Gasteiger partial charge in [-0.1, -0.05) is 6.42 Å². The number of amides is 3. The lowest BCUT2D eigenvalue weighted by Crippen LogP contribution is -2.45. The van der Waals surface area contributed by atoms with Crippen LogP contribution in [-0.4, -0.2) is 92.4 Å². The number of hydrogen-bond donors (Lipinski definition) is 4. The molecule has 0 aliphatic carbocycles. The first-order valence-corrected chi connectivity index (χ1v) is 10.6. The van der Waals surface area contributed by atoms with Crippen LogP contribution < -0.4 is 16.4 Å². The monoisotopic (exact) mass is 428 g/mol. The Balaban J connectivity index is 0.000000426. The van der Waals surface area contributed by atoms with Crippen LogP contribution in [0.3, 0.4) is 0 Å². The number of nitrogens with two attached hydrogens (primary N) is 1. The number of carbonyl (C=O) groups excluding carboxylic acids is 3. The van der Waals surface area contributed by atoms with Crippen molar-refractivity contribution in [2.75, 3.05) is 59.0 Å². The van der Waals surface area contributed by atoms with Crippen LogP contribution >= 0.6 is 0 Å². The van der Waals surface area contributed by atoms with Crippen LogP contribution in [0.4, 0.5) is 0 Å². The molecule has 10 heteroatoms. The van der Waals surface area contributed by atoms with Crippen LogP contribution in [0.5, 0.6) is 0 Å². The Morgan fingerprint density at radius 3 is 1.87 bits per heavy atom. The lowest BCUT2D eigenvalue weighted by molar-refractivity contribution is -0.133. The first-order chi connectivity index (χ1) is 14.2. The average molecular weight is 429 g/mol. The van der Waals surface area contributed by atoms with Gasteiger partial charge in [-0.15, -0.1) is 0 Å². The van der Waals surface area contributed by atoms with E-state index < -0.39 is 0 Å². The molecule has 0 bridgehead atoms. The van der Waals surface area contributed by atoms with Crippen LogP contribution in [0, 0.1) is 5.41 Å². The second-order valence-corrected chi connectivity index (χ2v) is 7.19. The number of ether oxygens (including phenoxy) is 1. The molecule has 0 aromatic carbocycles. The van der Waals surface area contributed by atoms with E-state index in [0.717, 1.165) is 65.1 Å². The number of hydrogen-bond acceptors (Lipinski definition) is 6. The largest absolute Gasteiger partial charge is 0.388 e. The third kappa shape index (κ3) is 16.7. The average Bonchev–Trinajstić information content (AvgIpc) is 2.72. The van der Waals surface area contributed by atoms with Gasteiger partial charge < -0.3 is 30.9 Å². The maximum atomic E-state index is 10.7. The number of amidine groups is 1. The molecule has 2 fully saturated rings. The number of unbranched alkanes of at least 4 members (excludes halogenated alkanes) is 2. The Kier molecular flexibility index (Phi) is 16.3. The molecule has 2 aliphatic heterocycles. The van der Waals surface area contributed by atoms with Gasteiger partial charge in [0.25, 0.3) is 0 Å². The van der Waals surface area contributed by atoms with Gasteiger partial charge in [0, 0.05) is 73.0 Å². The van der Waals surface area contributed by atoms with E-state index >= 15 is 0 Å². The summed E-state index contributed by atoms with van der Waals surface area (Å²) in [5.41, 5.74) is 5.17. The molecular weight excluding hydrogens is 388 g/mol. The van der Waals surface area contributed by atoms with Crippen molar-refractivity contribution < 1.29 is 19.1 Å². The van der Waals surface area contributed by atoms with E-state index in [1.165, 1.54) is 6.92 Å². The van der Waals surface area contributed by atoms with E-state index in [4.69, 9.17) is 15.9 Å². The summed E-state index contributed by atoms with van der Waals surface area (Å²) in [5.74, 6) is 0.603. The van der Waals surface area contributed by atoms with Gasteiger partial charge in [0.2, 0.25) is 17.7 Å². The number of nitrogens with zero attached hydrogens (tertiary/aromatic N) is 2. The standard InChI is InChI=1S/C8H17N3O.C6H12N2O.C6H11NO2/c1-7(12)11-6-4-2-3-5-8(9)10;1-6(9)8-4-2-7-3-5-8;1-6(8)7-2-4-9-5-3-7/h2-6H2,1H3,(H3,9,10)(H,11,12);7H,2-5H2,1H3;2-5H2,1H3. The molecule has 0 aromatic heterocycles.